The fourth-order valence-corrected chi connectivity index (χ4v) is 3.88. The van der Waals surface area contributed by atoms with E-state index in [1.54, 1.807) is 0 Å². The molecule has 1 aromatic carbocycles. The van der Waals surface area contributed by atoms with Gasteiger partial charge in [0.15, 0.2) is 11.5 Å². The molecule has 0 spiro atoms. The molecule has 0 radical (unpaired) electrons. The number of phenols is 2. The van der Waals surface area contributed by atoms with E-state index in [2.05, 4.69) is 33.0 Å². The molecule has 116 valence electrons. The van der Waals surface area contributed by atoms with Gasteiger partial charge in [-0.1, -0.05) is 27.7 Å². The van der Waals surface area contributed by atoms with Crippen LogP contribution >= 0.6 is 0 Å². The van der Waals surface area contributed by atoms with E-state index in [4.69, 9.17) is 0 Å². The van der Waals surface area contributed by atoms with Gasteiger partial charge < -0.3 is 15.5 Å². The molecule has 0 unspecified atom stereocenters. The maximum absolute atomic E-state index is 12.3. The molecule has 1 amide bonds. The minimum Gasteiger partial charge on any atom is -0.504 e. The molecule has 3 N–H and O–H groups in total. The van der Waals surface area contributed by atoms with Crippen molar-refractivity contribution in [1.29, 1.82) is 0 Å². The van der Waals surface area contributed by atoms with E-state index in [1.165, 1.54) is 18.2 Å². The Bertz CT molecular complexity index is 533. The molecule has 0 aliphatic heterocycles. The molecular formula is C17H25NO3. The molecule has 0 saturated heterocycles. The van der Waals surface area contributed by atoms with Gasteiger partial charge in [0.2, 0.25) is 0 Å². The minimum atomic E-state index is -0.271. The molecule has 1 aliphatic carbocycles. The molecule has 1 aliphatic rings. The van der Waals surface area contributed by atoms with E-state index >= 15 is 0 Å². The first-order chi connectivity index (χ1) is 9.58. The molecule has 4 nitrogen and oxygen atoms in total. The summed E-state index contributed by atoms with van der Waals surface area (Å²) < 4.78 is 0. The van der Waals surface area contributed by atoms with Crippen molar-refractivity contribution in [2.75, 3.05) is 0 Å². The Balaban J connectivity index is 2.10. The summed E-state index contributed by atoms with van der Waals surface area (Å²) >= 11 is 0. The second-order valence-corrected chi connectivity index (χ2v) is 7.79. The lowest BCUT2D eigenvalue weighted by molar-refractivity contribution is 0.0713. The molecule has 2 rings (SSSR count). The van der Waals surface area contributed by atoms with E-state index in [0.29, 0.717) is 5.56 Å². The number of phenolic OH excluding ortho intramolecular Hbond substituents is 2. The van der Waals surface area contributed by atoms with Gasteiger partial charge in [0.1, 0.15) is 0 Å². The molecule has 0 heterocycles. The number of benzene rings is 1. The molecule has 1 aromatic rings. The average Bonchev–Trinajstić information content (AvgIpc) is 2.28. The average molecular weight is 291 g/mol. The van der Waals surface area contributed by atoms with Crippen molar-refractivity contribution >= 4 is 5.91 Å². The third kappa shape index (κ3) is 3.90. The van der Waals surface area contributed by atoms with E-state index < -0.39 is 0 Å². The highest BCUT2D eigenvalue weighted by molar-refractivity contribution is 5.95. The van der Waals surface area contributed by atoms with Crippen molar-refractivity contribution in [3.8, 4) is 11.5 Å². The number of hydrogen-bond donors (Lipinski definition) is 3. The first-order valence-electron chi connectivity index (χ1n) is 7.41. The van der Waals surface area contributed by atoms with Gasteiger partial charge in [-0.3, -0.25) is 4.79 Å². The number of rotatable bonds is 2. The van der Waals surface area contributed by atoms with Gasteiger partial charge in [0, 0.05) is 11.6 Å². The number of carbonyl (C=O) groups is 1. The van der Waals surface area contributed by atoms with Crippen LogP contribution in [0.4, 0.5) is 0 Å². The van der Waals surface area contributed by atoms with Crippen molar-refractivity contribution in [3.63, 3.8) is 0 Å². The van der Waals surface area contributed by atoms with Crippen LogP contribution in [0.1, 0.15) is 57.3 Å². The zero-order valence-corrected chi connectivity index (χ0v) is 13.2. The molecule has 21 heavy (non-hydrogen) atoms. The predicted octanol–water partition coefficient (Wildman–Crippen LogP) is 3.43. The van der Waals surface area contributed by atoms with Crippen LogP contribution in [0.5, 0.6) is 11.5 Å². The lowest BCUT2D eigenvalue weighted by atomic mass is 9.63. The smallest absolute Gasteiger partial charge is 0.251 e. The van der Waals surface area contributed by atoms with Gasteiger partial charge in [-0.05, 0) is 48.3 Å². The Labute approximate surface area is 126 Å². The largest absolute Gasteiger partial charge is 0.504 e. The van der Waals surface area contributed by atoms with Gasteiger partial charge in [-0.2, -0.15) is 0 Å². The lowest BCUT2D eigenvalue weighted by Gasteiger charge is -2.45. The summed E-state index contributed by atoms with van der Waals surface area (Å²) in [5.74, 6) is -0.692. The summed E-state index contributed by atoms with van der Waals surface area (Å²) in [5.41, 5.74) is 0.777. The first-order valence-corrected chi connectivity index (χ1v) is 7.41. The highest BCUT2D eigenvalue weighted by Gasteiger charge is 2.38. The Morgan fingerprint density at radius 2 is 1.67 bits per heavy atom. The summed E-state index contributed by atoms with van der Waals surface area (Å²) in [6.07, 6.45) is 3.05. The maximum Gasteiger partial charge on any atom is 0.251 e. The van der Waals surface area contributed by atoms with Crippen molar-refractivity contribution in [3.05, 3.63) is 23.8 Å². The van der Waals surface area contributed by atoms with Gasteiger partial charge in [0.25, 0.3) is 5.91 Å². The van der Waals surface area contributed by atoms with Gasteiger partial charge in [-0.15, -0.1) is 0 Å². The Morgan fingerprint density at radius 1 is 1.10 bits per heavy atom. The third-order valence-corrected chi connectivity index (χ3v) is 4.13. The minimum absolute atomic E-state index is 0.132. The summed E-state index contributed by atoms with van der Waals surface area (Å²) in [6.45, 7) is 8.94. The number of hydrogen-bond acceptors (Lipinski definition) is 3. The van der Waals surface area contributed by atoms with Crippen molar-refractivity contribution < 1.29 is 15.0 Å². The topological polar surface area (TPSA) is 69.6 Å². The van der Waals surface area contributed by atoms with Crippen LogP contribution in [0, 0.1) is 10.8 Å². The fraction of sp³-hybridized carbons (Fsp3) is 0.588. The summed E-state index contributed by atoms with van der Waals surface area (Å²) in [5, 5.41) is 21.9. The summed E-state index contributed by atoms with van der Waals surface area (Å²) in [7, 11) is 0. The lowest BCUT2D eigenvalue weighted by Crippen LogP contribution is -2.46. The SMILES string of the molecule is CC1(C)CC(NC(=O)c2ccc(O)c(O)c2)CC(C)(C)C1. The Morgan fingerprint density at radius 3 is 2.19 bits per heavy atom. The van der Waals surface area contributed by atoms with Crippen LogP contribution in [0.2, 0.25) is 0 Å². The quantitative estimate of drug-likeness (QED) is 0.731. The monoisotopic (exact) mass is 291 g/mol. The van der Waals surface area contributed by atoms with Crippen LogP contribution in [0.25, 0.3) is 0 Å². The normalized spacial score (nSPS) is 21.0. The van der Waals surface area contributed by atoms with Crippen LogP contribution in [-0.4, -0.2) is 22.2 Å². The van der Waals surface area contributed by atoms with Crippen molar-refractivity contribution in [2.45, 2.75) is 53.0 Å². The summed E-state index contributed by atoms with van der Waals surface area (Å²) in [6, 6.07) is 4.28. The van der Waals surface area contributed by atoms with Crippen molar-refractivity contribution in [1.82, 2.24) is 5.32 Å². The van der Waals surface area contributed by atoms with Gasteiger partial charge >= 0.3 is 0 Å². The van der Waals surface area contributed by atoms with Crippen LogP contribution in [0.15, 0.2) is 18.2 Å². The number of nitrogens with one attached hydrogen (secondary N) is 1. The molecule has 1 fully saturated rings. The standard InChI is InChI=1S/C17H25NO3/c1-16(2)8-12(9-17(3,4)10-16)18-15(21)11-5-6-13(19)14(20)7-11/h5-7,12,19-20H,8-10H2,1-4H3,(H,18,21). The Hall–Kier alpha value is -1.71. The highest BCUT2D eigenvalue weighted by Crippen LogP contribution is 2.45. The third-order valence-electron chi connectivity index (χ3n) is 4.13. The summed E-state index contributed by atoms with van der Waals surface area (Å²) in [4.78, 5) is 12.3. The van der Waals surface area contributed by atoms with Gasteiger partial charge in [0.05, 0.1) is 0 Å². The predicted molar refractivity (Wildman–Crippen MR) is 82.4 cm³/mol. The number of aromatic hydroxyl groups is 2. The zero-order chi connectivity index (χ0) is 15.8. The first kappa shape index (κ1) is 15.7. The fourth-order valence-electron chi connectivity index (χ4n) is 3.88. The van der Waals surface area contributed by atoms with E-state index in [9.17, 15) is 15.0 Å². The maximum atomic E-state index is 12.3. The molecular weight excluding hydrogens is 266 g/mol. The second kappa shape index (κ2) is 5.24. The molecule has 0 bridgehead atoms. The highest BCUT2D eigenvalue weighted by atomic mass is 16.3. The molecule has 1 saturated carbocycles. The van der Waals surface area contributed by atoms with Crippen LogP contribution in [0.3, 0.4) is 0 Å². The van der Waals surface area contributed by atoms with Crippen LogP contribution in [-0.2, 0) is 0 Å². The number of carbonyl (C=O) groups excluding carboxylic acids is 1. The molecule has 0 atom stereocenters. The second-order valence-electron chi connectivity index (χ2n) is 7.79. The zero-order valence-electron chi connectivity index (χ0n) is 13.2. The van der Waals surface area contributed by atoms with Gasteiger partial charge in [-0.25, -0.2) is 0 Å². The van der Waals surface area contributed by atoms with Crippen molar-refractivity contribution in [2.24, 2.45) is 10.8 Å². The van der Waals surface area contributed by atoms with E-state index in [1.807, 2.05) is 0 Å². The molecule has 0 aromatic heterocycles. The number of amides is 1. The Kier molecular flexibility index (Phi) is 3.91. The van der Waals surface area contributed by atoms with E-state index in [-0.39, 0.29) is 34.3 Å². The van der Waals surface area contributed by atoms with Crippen LogP contribution < -0.4 is 5.32 Å². The van der Waals surface area contributed by atoms with E-state index in [0.717, 1.165) is 19.3 Å². The molecule has 4 heteroatoms.